The number of fused-ring (bicyclic) bond motifs is 12. The first kappa shape index (κ1) is 30.2. The zero-order valence-corrected chi connectivity index (χ0v) is 27.4. The number of halogens is 2. The van der Waals surface area contributed by atoms with Crippen LogP contribution in [0.4, 0.5) is 0 Å². The predicted octanol–water partition coefficient (Wildman–Crippen LogP) is 4.52. The minimum Gasteiger partial charge on any atom is -1.00 e. The van der Waals surface area contributed by atoms with Crippen molar-refractivity contribution < 1.29 is 48.1 Å². The second-order valence-corrected chi connectivity index (χ2v) is 19.3. The van der Waals surface area contributed by atoms with Gasteiger partial charge in [-0.1, -0.05) is 129 Å². The number of hydrogen-bond donors (Lipinski definition) is 0. The fraction of sp³-hybridized carbons (Fsp3) is 0.0556. The molecule has 0 aromatic heterocycles. The zero-order chi connectivity index (χ0) is 26.1. The second-order valence-electron chi connectivity index (χ2n) is 9.89. The molecule has 8 rings (SSSR count). The summed E-state index contributed by atoms with van der Waals surface area (Å²) in [5, 5.41) is 16.2. The van der Waals surface area contributed by atoms with Crippen LogP contribution in [0.5, 0.6) is 0 Å². The Morgan fingerprint density at radius 2 is 0.600 bits per heavy atom. The van der Waals surface area contributed by atoms with Gasteiger partial charge in [-0.2, -0.15) is 24.3 Å². The van der Waals surface area contributed by atoms with E-state index < -0.39 is 0 Å². The Hall–Kier alpha value is -2.74. The second kappa shape index (κ2) is 13.3. The van der Waals surface area contributed by atoms with Gasteiger partial charge in [0.1, 0.15) is 0 Å². The Labute approximate surface area is 262 Å². The van der Waals surface area contributed by atoms with E-state index in [0.29, 0.717) is 0 Å². The van der Waals surface area contributed by atoms with Gasteiger partial charge in [-0.15, -0.1) is 33.7 Å². The monoisotopic (exact) mass is 648 g/mol. The van der Waals surface area contributed by atoms with E-state index in [4.69, 9.17) is 0 Å². The minimum absolute atomic E-state index is 0. The van der Waals surface area contributed by atoms with Gasteiger partial charge < -0.3 is 24.8 Å². The minimum atomic E-state index is 0. The largest absolute Gasteiger partial charge is 1.00 e. The quantitative estimate of drug-likeness (QED) is 0.129. The molecule has 0 aliphatic heterocycles. The normalized spacial score (nSPS) is 10.5. The van der Waals surface area contributed by atoms with Crippen LogP contribution < -0.4 is 24.8 Å². The molecule has 0 unspecified atom stereocenters. The van der Waals surface area contributed by atoms with Crippen molar-refractivity contribution in [2.24, 2.45) is 0 Å². The van der Waals surface area contributed by atoms with Crippen LogP contribution in [-0.4, -0.2) is 5.43 Å². The molecule has 0 heterocycles. The Kier molecular flexibility index (Phi) is 10.0. The molecule has 0 aliphatic carbocycles. The van der Waals surface area contributed by atoms with E-state index in [1.807, 2.05) is 0 Å². The first-order valence-corrected chi connectivity index (χ1v) is 19.2. The van der Waals surface area contributed by atoms with Crippen LogP contribution in [0.2, 0.25) is 13.1 Å². The molecule has 196 valence electrons. The molecule has 0 saturated heterocycles. The van der Waals surface area contributed by atoms with Gasteiger partial charge in [0.2, 0.25) is 0 Å². The van der Waals surface area contributed by atoms with Crippen LogP contribution in [0.25, 0.3) is 64.6 Å². The maximum atomic E-state index is 2.31. The summed E-state index contributed by atoms with van der Waals surface area (Å²) in [5.74, 6) is 0. The summed E-state index contributed by atoms with van der Waals surface area (Å²) >= 11 is 1.74. The van der Waals surface area contributed by atoms with Crippen LogP contribution >= 0.6 is 0 Å². The molecule has 0 amide bonds. The molecule has 0 bridgehead atoms. The van der Waals surface area contributed by atoms with E-state index in [9.17, 15) is 0 Å². The molecule has 4 heteroatoms. The van der Waals surface area contributed by atoms with Gasteiger partial charge in [0, 0.05) is 0 Å². The van der Waals surface area contributed by atoms with Gasteiger partial charge in [-0.25, -0.2) is 0 Å². The van der Waals surface area contributed by atoms with Crippen molar-refractivity contribution in [3.8, 4) is 0 Å². The number of rotatable bonds is 0. The molecule has 0 N–H and O–H groups in total. The van der Waals surface area contributed by atoms with Crippen LogP contribution in [0, 0.1) is 0 Å². The average molecular weight is 651 g/mol. The van der Waals surface area contributed by atoms with Crippen molar-refractivity contribution in [3.63, 3.8) is 0 Å². The van der Waals surface area contributed by atoms with E-state index in [-0.39, 0.29) is 30.2 Å². The first-order chi connectivity index (χ1) is 18.6. The summed E-state index contributed by atoms with van der Waals surface area (Å²) in [5.41, 5.74) is 0.210. The van der Waals surface area contributed by atoms with Crippen molar-refractivity contribution in [1.82, 2.24) is 0 Å². The van der Waals surface area contributed by atoms with Crippen LogP contribution in [0.3, 0.4) is 0 Å². The van der Waals surface area contributed by atoms with Gasteiger partial charge in [-0.3, -0.25) is 0 Å². The third-order valence-electron chi connectivity index (χ3n) is 7.08. The van der Waals surface area contributed by atoms with E-state index in [2.05, 4.69) is 147 Å². The summed E-state index contributed by atoms with van der Waals surface area (Å²) < 4.78 is 0. The Morgan fingerprint density at radius 3 is 0.875 bits per heavy atom. The molecule has 8 aromatic carbocycles. The Balaban J connectivity index is 0.000000157. The maximum Gasteiger partial charge on any atom is -0.0293 e. The van der Waals surface area contributed by atoms with Crippen LogP contribution in [0.1, 0.15) is 0 Å². The summed E-state index contributed by atoms with van der Waals surface area (Å²) in [7, 11) is 0. The smallest absolute Gasteiger partial charge is 0.0293 e. The maximum absolute atomic E-state index is 2.31. The van der Waals surface area contributed by atoms with Gasteiger partial charge >= 0.3 is 41.9 Å². The van der Waals surface area contributed by atoms with E-state index in [1.54, 1.807) is 23.3 Å². The molecule has 0 nitrogen and oxygen atoms in total. The zero-order valence-electron chi connectivity index (χ0n) is 22.5. The van der Waals surface area contributed by atoms with Crippen LogP contribution in [0.15, 0.2) is 133 Å². The van der Waals surface area contributed by atoms with Crippen molar-refractivity contribution >= 4 is 70.1 Å². The summed E-state index contributed by atoms with van der Waals surface area (Å²) in [6.45, 7) is 4.62. The predicted molar refractivity (Wildman–Crippen MR) is 167 cm³/mol. The Bertz CT molecular complexity index is 1790. The van der Waals surface area contributed by atoms with Gasteiger partial charge in [-0.05, 0) is 10.8 Å². The summed E-state index contributed by atoms with van der Waals surface area (Å²) in [6, 6.07) is 47.8. The molecular formula is C36H28Cl2SiZr-2. The average Bonchev–Trinajstić information content (AvgIpc) is 3.65. The summed E-state index contributed by atoms with van der Waals surface area (Å²) in [4.78, 5) is 0. The van der Waals surface area contributed by atoms with E-state index in [0.717, 1.165) is 0 Å². The van der Waals surface area contributed by atoms with Crippen molar-refractivity contribution in [3.05, 3.63) is 133 Å². The Morgan fingerprint density at radius 1 is 0.400 bits per heavy atom. The number of benzene rings is 6. The third-order valence-corrected chi connectivity index (χ3v) is 7.08. The molecule has 0 radical (unpaired) electrons. The van der Waals surface area contributed by atoms with E-state index >= 15 is 0 Å². The van der Waals surface area contributed by atoms with Gasteiger partial charge in [0.25, 0.3) is 0 Å². The van der Waals surface area contributed by atoms with E-state index in [1.165, 1.54) is 64.6 Å². The van der Waals surface area contributed by atoms with Gasteiger partial charge in [0.15, 0.2) is 0 Å². The first-order valence-electron chi connectivity index (χ1n) is 13.0. The standard InChI is InChI=1S/2C17H11.C2H6Si.2ClH.Zr/c2*1-3-8-14-12(6-1)13-7-2-4-9-15(13)17-11-5-10-16(14)17;1-3-2;;;/h2*1-11H;1-2H3;2*1H;/q2*-1;;;;+2/p-2. The number of hydrogen-bond acceptors (Lipinski definition) is 0. The van der Waals surface area contributed by atoms with Crippen molar-refractivity contribution in [1.29, 1.82) is 0 Å². The molecule has 40 heavy (non-hydrogen) atoms. The van der Waals surface area contributed by atoms with Crippen LogP contribution in [-0.2, 0) is 23.3 Å². The molecule has 0 spiro atoms. The van der Waals surface area contributed by atoms with Crippen molar-refractivity contribution in [2.75, 3.05) is 0 Å². The molecule has 0 atom stereocenters. The molecule has 8 aromatic rings. The fourth-order valence-electron chi connectivity index (χ4n) is 5.59. The summed E-state index contributed by atoms with van der Waals surface area (Å²) in [6.07, 6.45) is 0. The molecule has 0 aliphatic rings. The fourth-order valence-corrected chi connectivity index (χ4v) is 5.59. The van der Waals surface area contributed by atoms with Gasteiger partial charge in [0.05, 0.1) is 0 Å². The SMILES string of the molecule is C[Si](C)=[Zr+2].[Cl-].[Cl-].c1ccc2c(c1)c1ccccc1c1[cH-]ccc21.c1ccc2c(c1)c1ccccc1c1[cH-]ccc21. The van der Waals surface area contributed by atoms with Crippen molar-refractivity contribution in [2.45, 2.75) is 13.1 Å². The topological polar surface area (TPSA) is 0 Å². The third kappa shape index (κ3) is 5.69. The molecule has 0 fully saturated rings. The molecular weight excluding hydrogens is 623 g/mol. The molecule has 0 saturated carbocycles.